The quantitative estimate of drug-likeness (QED) is 0.877. The number of nitrogens with one attached hydrogen (secondary N) is 1. The predicted octanol–water partition coefficient (Wildman–Crippen LogP) is 1.59. The summed E-state index contributed by atoms with van der Waals surface area (Å²) in [6.45, 7) is 7.57. The number of ether oxygens (including phenoxy) is 1. The third-order valence-corrected chi connectivity index (χ3v) is 4.06. The molecule has 1 aliphatic heterocycles. The number of hydrogen-bond donors (Lipinski definition) is 1. The Hall–Kier alpha value is -0.590. The van der Waals surface area contributed by atoms with Gasteiger partial charge in [-0.15, -0.1) is 0 Å². The minimum Gasteiger partial charge on any atom is -0.368 e. The topological polar surface area (TPSA) is 60.2 Å². The van der Waals surface area contributed by atoms with Crippen molar-refractivity contribution < 1.29 is 9.26 Å². The van der Waals surface area contributed by atoms with E-state index in [1.54, 1.807) is 0 Å². The van der Waals surface area contributed by atoms with E-state index in [4.69, 9.17) is 9.26 Å². The maximum atomic E-state index is 5.61. The molecule has 0 radical (unpaired) electrons. The monoisotopic (exact) mass is 271 g/mol. The van der Waals surface area contributed by atoms with E-state index in [0.29, 0.717) is 24.4 Å². The summed E-state index contributed by atoms with van der Waals surface area (Å²) >= 11 is 1.97. The first-order chi connectivity index (χ1) is 8.62. The molecule has 0 spiro atoms. The van der Waals surface area contributed by atoms with Crippen LogP contribution in [0.4, 0.5) is 0 Å². The number of nitrogens with zero attached hydrogens (tertiary/aromatic N) is 2. The Morgan fingerprint density at radius 2 is 2.39 bits per heavy atom. The first-order valence-corrected chi connectivity index (χ1v) is 7.55. The molecule has 1 atom stereocenters. The molecule has 18 heavy (non-hydrogen) atoms. The molecule has 102 valence electrons. The van der Waals surface area contributed by atoms with Crippen LogP contribution in [-0.2, 0) is 16.8 Å². The van der Waals surface area contributed by atoms with Crippen molar-refractivity contribution in [2.75, 3.05) is 24.7 Å². The highest BCUT2D eigenvalue weighted by Crippen LogP contribution is 2.22. The second-order valence-electron chi connectivity index (χ2n) is 4.89. The zero-order valence-electron chi connectivity index (χ0n) is 11.2. The number of thioether (sulfide) groups is 1. The van der Waals surface area contributed by atoms with Gasteiger partial charge in [0.1, 0.15) is 5.60 Å². The van der Waals surface area contributed by atoms with Crippen LogP contribution in [0.5, 0.6) is 0 Å². The molecule has 0 aliphatic carbocycles. The van der Waals surface area contributed by atoms with Crippen LogP contribution in [0.25, 0.3) is 0 Å². The summed E-state index contributed by atoms with van der Waals surface area (Å²) < 4.78 is 10.9. The molecule has 1 aliphatic rings. The molecule has 2 rings (SSSR count). The minimum absolute atomic E-state index is 0.437. The van der Waals surface area contributed by atoms with E-state index in [0.717, 1.165) is 18.7 Å². The van der Waals surface area contributed by atoms with Crippen molar-refractivity contribution in [2.45, 2.75) is 38.8 Å². The fourth-order valence-electron chi connectivity index (χ4n) is 1.97. The highest BCUT2D eigenvalue weighted by molar-refractivity contribution is 7.99. The molecule has 1 aromatic heterocycles. The predicted molar refractivity (Wildman–Crippen MR) is 71.8 cm³/mol. The molecule has 6 heteroatoms. The van der Waals surface area contributed by atoms with Gasteiger partial charge in [0.25, 0.3) is 0 Å². The third kappa shape index (κ3) is 3.46. The number of rotatable bonds is 5. The summed E-state index contributed by atoms with van der Waals surface area (Å²) in [6.07, 6.45) is 0.794. The molecule has 1 N–H and O–H groups in total. The Kier molecular flexibility index (Phi) is 4.64. The molecular weight excluding hydrogens is 250 g/mol. The maximum Gasteiger partial charge on any atom is 0.228 e. The Balaban J connectivity index is 1.96. The van der Waals surface area contributed by atoms with Gasteiger partial charge in [0.05, 0.1) is 0 Å². The lowest BCUT2D eigenvalue weighted by Gasteiger charge is -2.21. The van der Waals surface area contributed by atoms with Crippen molar-refractivity contribution >= 4 is 11.8 Å². The lowest BCUT2D eigenvalue weighted by atomic mass is 10.1. The molecule has 0 amide bonds. The standard InChI is InChI=1S/C12H21N3O2S/c1-4-16-12(2,3)11-14-10(17-15-11)7-9-8-18-6-5-13-9/h9,13H,4-8H2,1-3H3. The van der Waals surface area contributed by atoms with Crippen LogP contribution in [0.1, 0.15) is 32.5 Å². The largest absolute Gasteiger partial charge is 0.368 e. The average Bonchev–Trinajstić information content (AvgIpc) is 2.79. The number of hydrogen-bond acceptors (Lipinski definition) is 6. The van der Waals surface area contributed by atoms with Gasteiger partial charge in [0, 0.05) is 37.1 Å². The smallest absolute Gasteiger partial charge is 0.228 e. The summed E-state index contributed by atoms with van der Waals surface area (Å²) in [5.74, 6) is 3.61. The molecular formula is C12H21N3O2S. The summed E-state index contributed by atoms with van der Waals surface area (Å²) in [6, 6.07) is 0.437. The summed E-state index contributed by atoms with van der Waals surface area (Å²) in [4.78, 5) is 4.44. The van der Waals surface area contributed by atoms with Gasteiger partial charge >= 0.3 is 0 Å². The SMILES string of the molecule is CCOC(C)(C)c1noc(CC2CSCCN2)n1. The minimum atomic E-state index is -0.481. The lowest BCUT2D eigenvalue weighted by molar-refractivity contribution is -0.0221. The normalized spacial score (nSPS) is 21.2. The van der Waals surface area contributed by atoms with Crippen molar-refractivity contribution in [2.24, 2.45) is 0 Å². The highest BCUT2D eigenvalue weighted by Gasteiger charge is 2.27. The van der Waals surface area contributed by atoms with Crippen molar-refractivity contribution in [1.29, 1.82) is 0 Å². The van der Waals surface area contributed by atoms with Gasteiger partial charge in [-0.05, 0) is 20.8 Å². The van der Waals surface area contributed by atoms with E-state index in [1.807, 2.05) is 32.5 Å². The molecule has 0 aromatic carbocycles. The summed E-state index contributed by atoms with van der Waals surface area (Å²) in [5, 5.41) is 7.49. The van der Waals surface area contributed by atoms with Crippen LogP contribution in [0.15, 0.2) is 4.52 Å². The molecule has 5 nitrogen and oxygen atoms in total. The Morgan fingerprint density at radius 3 is 3.06 bits per heavy atom. The first-order valence-electron chi connectivity index (χ1n) is 6.40. The molecule has 2 heterocycles. The zero-order valence-corrected chi connectivity index (χ0v) is 12.0. The molecule has 0 bridgehead atoms. The summed E-state index contributed by atoms with van der Waals surface area (Å²) in [5.41, 5.74) is -0.481. The van der Waals surface area contributed by atoms with Crippen LogP contribution in [0, 0.1) is 0 Å². The van der Waals surface area contributed by atoms with Gasteiger partial charge in [-0.25, -0.2) is 0 Å². The van der Waals surface area contributed by atoms with Crippen LogP contribution < -0.4 is 5.32 Å². The molecule has 1 unspecified atom stereocenters. The van der Waals surface area contributed by atoms with E-state index in [2.05, 4.69) is 15.5 Å². The van der Waals surface area contributed by atoms with Crippen LogP contribution in [-0.4, -0.2) is 40.8 Å². The Morgan fingerprint density at radius 1 is 1.56 bits per heavy atom. The molecule has 1 fully saturated rings. The fourth-order valence-corrected chi connectivity index (χ4v) is 2.92. The fraction of sp³-hybridized carbons (Fsp3) is 0.833. The maximum absolute atomic E-state index is 5.61. The van der Waals surface area contributed by atoms with Crippen LogP contribution in [0.2, 0.25) is 0 Å². The van der Waals surface area contributed by atoms with E-state index in [9.17, 15) is 0 Å². The Bertz CT molecular complexity index is 375. The second kappa shape index (κ2) is 6.04. The second-order valence-corrected chi connectivity index (χ2v) is 6.03. The summed E-state index contributed by atoms with van der Waals surface area (Å²) in [7, 11) is 0. The lowest BCUT2D eigenvalue weighted by Crippen LogP contribution is -2.39. The Labute approximate surface area is 112 Å². The molecule has 1 aromatic rings. The van der Waals surface area contributed by atoms with E-state index in [-0.39, 0.29) is 0 Å². The van der Waals surface area contributed by atoms with Gasteiger partial charge in [-0.3, -0.25) is 0 Å². The van der Waals surface area contributed by atoms with Gasteiger partial charge in [-0.1, -0.05) is 5.16 Å². The van der Waals surface area contributed by atoms with Crippen molar-refractivity contribution in [3.8, 4) is 0 Å². The van der Waals surface area contributed by atoms with Crippen molar-refractivity contribution in [3.63, 3.8) is 0 Å². The van der Waals surface area contributed by atoms with E-state index < -0.39 is 5.60 Å². The van der Waals surface area contributed by atoms with E-state index >= 15 is 0 Å². The van der Waals surface area contributed by atoms with Gasteiger partial charge < -0.3 is 14.6 Å². The van der Waals surface area contributed by atoms with Crippen LogP contribution in [0.3, 0.4) is 0 Å². The van der Waals surface area contributed by atoms with Crippen molar-refractivity contribution in [3.05, 3.63) is 11.7 Å². The average molecular weight is 271 g/mol. The first kappa shape index (κ1) is 13.8. The van der Waals surface area contributed by atoms with Crippen molar-refractivity contribution in [1.82, 2.24) is 15.5 Å². The van der Waals surface area contributed by atoms with Gasteiger partial charge in [0.15, 0.2) is 0 Å². The molecule has 0 saturated carbocycles. The van der Waals surface area contributed by atoms with Crippen LogP contribution >= 0.6 is 11.8 Å². The number of aromatic nitrogens is 2. The molecule has 1 saturated heterocycles. The highest BCUT2D eigenvalue weighted by atomic mass is 32.2. The van der Waals surface area contributed by atoms with E-state index in [1.165, 1.54) is 5.75 Å². The van der Waals surface area contributed by atoms with Gasteiger partial charge in [0.2, 0.25) is 11.7 Å². The third-order valence-electron chi connectivity index (χ3n) is 2.93. The van der Waals surface area contributed by atoms with Gasteiger partial charge in [-0.2, -0.15) is 16.7 Å². The zero-order chi connectivity index (χ0) is 13.0.